The molecule has 1 atom stereocenters. The summed E-state index contributed by atoms with van der Waals surface area (Å²) in [5.74, 6) is -6.12. The minimum absolute atomic E-state index is 0.0329. The molecular weight excluding hydrogens is 596 g/mol. The van der Waals surface area contributed by atoms with Crippen molar-refractivity contribution in [2.45, 2.75) is 44.7 Å². The van der Waals surface area contributed by atoms with E-state index in [1.165, 1.54) is 38.3 Å². The Hall–Kier alpha value is -4.45. The number of anilines is 2. The van der Waals surface area contributed by atoms with Gasteiger partial charge in [0.2, 0.25) is 6.23 Å². The lowest BCUT2D eigenvalue weighted by atomic mass is 10.0. The number of rotatable bonds is 11. The van der Waals surface area contributed by atoms with Crippen molar-refractivity contribution in [2.24, 2.45) is 0 Å². The van der Waals surface area contributed by atoms with Crippen LogP contribution in [0.25, 0.3) is 0 Å². The summed E-state index contributed by atoms with van der Waals surface area (Å²) in [7, 11) is 1.23. The van der Waals surface area contributed by atoms with E-state index in [0.29, 0.717) is 16.5 Å². The number of carbonyl (C=O) groups excluding carboxylic acids is 4. The van der Waals surface area contributed by atoms with Crippen LogP contribution in [0.15, 0.2) is 42.7 Å². The van der Waals surface area contributed by atoms with Crippen molar-refractivity contribution in [3.05, 3.63) is 48.3 Å². The van der Waals surface area contributed by atoms with E-state index >= 15 is 0 Å². The second-order valence-electron chi connectivity index (χ2n) is 9.37. The number of halogens is 6. The van der Waals surface area contributed by atoms with E-state index in [-0.39, 0.29) is 25.4 Å². The molecular formula is C25H25F6N5O7. The number of carbonyl (C=O) groups is 4. The number of hydrogen-bond acceptors (Lipinski definition) is 9. The summed E-state index contributed by atoms with van der Waals surface area (Å²) < 4.78 is 90.5. The van der Waals surface area contributed by atoms with Crippen molar-refractivity contribution in [1.29, 1.82) is 0 Å². The monoisotopic (exact) mass is 621 g/mol. The number of alkyl halides is 6. The topological polar surface area (TPSA) is 139 Å². The quantitative estimate of drug-likeness (QED) is 0.127. The van der Waals surface area contributed by atoms with Crippen LogP contribution in [0.4, 0.5) is 42.5 Å². The molecule has 43 heavy (non-hydrogen) atoms. The zero-order valence-electron chi connectivity index (χ0n) is 22.7. The molecule has 0 radical (unpaired) electrons. The van der Waals surface area contributed by atoms with Crippen LogP contribution in [0, 0.1) is 0 Å². The lowest BCUT2D eigenvalue weighted by molar-refractivity contribution is -0.274. The van der Waals surface area contributed by atoms with Gasteiger partial charge in [-0.25, -0.2) is 14.5 Å². The lowest BCUT2D eigenvalue weighted by Crippen LogP contribution is -2.47. The minimum atomic E-state index is -5.50. The second kappa shape index (κ2) is 12.8. The van der Waals surface area contributed by atoms with Crippen molar-refractivity contribution in [3.63, 3.8) is 0 Å². The molecule has 18 heteroatoms. The van der Waals surface area contributed by atoms with Gasteiger partial charge in [0.05, 0.1) is 18.0 Å². The Morgan fingerprint density at radius 3 is 2.28 bits per heavy atom. The van der Waals surface area contributed by atoms with E-state index in [0.717, 1.165) is 12.1 Å². The Kier molecular flexibility index (Phi) is 9.86. The van der Waals surface area contributed by atoms with E-state index in [2.05, 4.69) is 19.8 Å². The molecule has 1 unspecified atom stereocenters. The lowest BCUT2D eigenvalue weighted by Gasteiger charge is -2.27. The first-order chi connectivity index (χ1) is 20.0. The molecule has 2 aromatic rings. The van der Waals surface area contributed by atoms with E-state index in [4.69, 9.17) is 4.74 Å². The van der Waals surface area contributed by atoms with Crippen molar-refractivity contribution < 1.29 is 59.7 Å². The van der Waals surface area contributed by atoms with Crippen LogP contribution in [0.2, 0.25) is 0 Å². The molecule has 0 bridgehead atoms. The van der Waals surface area contributed by atoms with Gasteiger partial charge in [-0.05, 0) is 49.7 Å². The SMILES string of the molecule is COCCNC(OC(=O)C(F)(F)F)C(=O)Nc1cc(N2C(=O)N(Cc3ccncc3)C(C)(C)C2=O)ccc1OC(F)(F)F. The number of pyridine rings is 1. The molecule has 1 aromatic carbocycles. The minimum Gasteiger partial charge on any atom is -0.430 e. The number of amides is 4. The number of aromatic nitrogens is 1. The third-order valence-corrected chi connectivity index (χ3v) is 5.95. The number of urea groups is 1. The van der Waals surface area contributed by atoms with Gasteiger partial charge in [0.15, 0.2) is 5.75 Å². The Balaban J connectivity index is 1.97. The molecule has 0 aliphatic carbocycles. The molecule has 4 amide bonds. The largest absolute Gasteiger partial charge is 0.573 e. The predicted molar refractivity (Wildman–Crippen MR) is 134 cm³/mol. The van der Waals surface area contributed by atoms with Gasteiger partial charge in [-0.15, -0.1) is 13.2 Å². The summed E-state index contributed by atoms with van der Waals surface area (Å²) >= 11 is 0. The summed E-state index contributed by atoms with van der Waals surface area (Å²) in [6, 6.07) is 4.76. The maximum Gasteiger partial charge on any atom is 0.573 e. The summed E-state index contributed by atoms with van der Waals surface area (Å²) in [5.41, 5.74) is -1.92. The molecule has 0 spiro atoms. The zero-order chi connectivity index (χ0) is 32.2. The highest BCUT2D eigenvalue weighted by Gasteiger charge is 2.52. The highest BCUT2D eigenvalue weighted by molar-refractivity contribution is 6.23. The summed E-state index contributed by atoms with van der Waals surface area (Å²) in [4.78, 5) is 56.7. The Labute approximate surface area is 239 Å². The van der Waals surface area contributed by atoms with Gasteiger partial charge in [0.1, 0.15) is 5.54 Å². The first-order valence-electron chi connectivity index (χ1n) is 12.2. The Bertz CT molecular complexity index is 1350. The molecule has 1 aliphatic heterocycles. The summed E-state index contributed by atoms with van der Waals surface area (Å²) in [6.45, 7) is 2.39. The smallest absolute Gasteiger partial charge is 0.430 e. The van der Waals surface area contributed by atoms with Crippen molar-refractivity contribution in [3.8, 4) is 5.75 Å². The maximum absolute atomic E-state index is 13.4. The fraction of sp³-hybridized carbons (Fsp3) is 0.400. The van der Waals surface area contributed by atoms with Crippen LogP contribution in [0.5, 0.6) is 5.75 Å². The van der Waals surface area contributed by atoms with Gasteiger partial charge in [-0.1, -0.05) is 0 Å². The average Bonchev–Trinajstić information content (AvgIpc) is 3.07. The van der Waals surface area contributed by atoms with Gasteiger partial charge in [0.25, 0.3) is 11.8 Å². The molecule has 1 aliphatic rings. The number of benzene rings is 1. The van der Waals surface area contributed by atoms with E-state index in [1.807, 2.05) is 5.32 Å². The van der Waals surface area contributed by atoms with E-state index in [9.17, 15) is 45.5 Å². The third-order valence-electron chi connectivity index (χ3n) is 5.95. The standard InChI is InChI=1S/C25H25F6N5O7/c1-23(2)20(38)36(22(40)35(23)13-14-6-8-32-9-7-14)15-4-5-17(43-25(29,30)31)16(12-15)34-18(37)19(33-10-11-41-3)42-21(39)24(26,27)28/h4-9,12,19,33H,10-11,13H2,1-3H3,(H,34,37). The number of imide groups is 1. The molecule has 1 fully saturated rings. The highest BCUT2D eigenvalue weighted by Crippen LogP contribution is 2.38. The molecule has 0 saturated carbocycles. The van der Waals surface area contributed by atoms with Gasteiger partial charge in [0, 0.05) is 32.6 Å². The van der Waals surface area contributed by atoms with Crippen LogP contribution in [0.1, 0.15) is 19.4 Å². The van der Waals surface area contributed by atoms with Crippen LogP contribution < -0.4 is 20.3 Å². The van der Waals surface area contributed by atoms with Crippen molar-refractivity contribution in [2.75, 3.05) is 30.5 Å². The Morgan fingerprint density at radius 1 is 1.05 bits per heavy atom. The number of nitrogens with one attached hydrogen (secondary N) is 2. The fourth-order valence-electron chi connectivity index (χ4n) is 3.82. The highest BCUT2D eigenvalue weighted by atomic mass is 19.4. The van der Waals surface area contributed by atoms with Crippen molar-refractivity contribution >= 4 is 35.2 Å². The number of hydrogen-bond donors (Lipinski definition) is 2. The second-order valence-corrected chi connectivity index (χ2v) is 9.37. The van der Waals surface area contributed by atoms with E-state index < -0.39 is 59.6 Å². The van der Waals surface area contributed by atoms with Crippen molar-refractivity contribution in [1.82, 2.24) is 15.2 Å². The zero-order valence-corrected chi connectivity index (χ0v) is 22.7. The molecule has 1 saturated heterocycles. The van der Waals surface area contributed by atoms with Crippen LogP contribution >= 0.6 is 0 Å². The third kappa shape index (κ3) is 8.10. The fourth-order valence-corrected chi connectivity index (χ4v) is 3.82. The molecule has 234 valence electrons. The number of nitrogens with zero attached hydrogens (tertiary/aromatic N) is 3. The number of ether oxygens (including phenoxy) is 3. The van der Waals surface area contributed by atoms with Gasteiger partial charge >= 0.3 is 24.5 Å². The Morgan fingerprint density at radius 2 is 1.70 bits per heavy atom. The predicted octanol–water partition coefficient (Wildman–Crippen LogP) is 3.33. The summed E-state index contributed by atoms with van der Waals surface area (Å²) in [5, 5.41) is 4.06. The summed E-state index contributed by atoms with van der Waals surface area (Å²) in [6.07, 6.45) is -10.2. The van der Waals surface area contributed by atoms with E-state index in [1.54, 1.807) is 12.1 Å². The molecule has 1 aromatic heterocycles. The first-order valence-corrected chi connectivity index (χ1v) is 12.2. The normalized spacial score (nSPS) is 15.8. The van der Waals surface area contributed by atoms with Gasteiger partial charge < -0.3 is 24.4 Å². The van der Waals surface area contributed by atoms with Crippen LogP contribution in [0.3, 0.4) is 0 Å². The molecule has 2 N–H and O–H groups in total. The van der Waals surface area contributed by atoms with Gasteiger partial charge in [-0.2, -0.15) is 13.2 Å². The van der Waals surface area contributed by atoms with Crippen LogP contribution in [-0.2, 0) is 30.4 Å². The number of methoxy groups -OCH3 is 1. The van der Waals surface area contributed by atoms with Gasteiger partial charge in [-0.3, -0.25) is 19.9 Å². The number of esters is 1. The average molecular weight is 621 g/mol. The molecule has 12 nitrogen and oxygen atoms in total. The first kappa shape index (κ1) is 33.1. The maximum atomic E-state index is 13.4. The van der Waals surface area contributed by atoms with Crippen LogP contribution in [-0.4, -0.2) is 78.3 Å². The molecule has 3 rings (SSSR count). The molecule has 2 heterocycles.